The topological polar surface area (TPSA) is 42.4 Å². The Morgan fingerprint density at radius 3 is 2.56 bits per heavy atom. The molecule has 1 aliphatic heterocycles. The molecular weight excluding hydrogens is 356 g/mol. The standard InChI is InChI=1S/C19H23ClN2O2S/c1-12-8-13(2)10-22(9-12)19(23)18-14(3)21-17(25-18)11-24-16-6-4-15(20)5-7-16/h4-7,12-13H,8-11H2,1-3H3. The maximum absolute atomic E-state index is 12.9. The number of amides is 1. The highest BCUT2D eigenvalue weighted by Gasteiger charge is 2.28. The minimum Gasteiger partial charge on any atom is -0.486 e. The lowest BCUT2D eigenvalue weighted by Crippen LogP contribution is -2.42. The number of nitrogens with zero attached hydrogens (tertiary/aromatic N) is 2. The van der Waals surface area contributed by atoms with Crippen LogP contribution < -0.4 is 4.74 Å². The molecule has 1 aliphatic rings. The van der Waals surface area contributed by atoms with Crippen LogP contribution in [0.4, 0.5) is 0 Å². The van der Waals surface area contributed by atoms with E-state index in [1.165, 1.54) is 17.8 Å². The van der Waals surface area contributed by atoms with Crippen LogP contribution in [0.1, 0.15) is 40.6 Å². The Hall–Kier alpha value is -1.59. The summed E-state index contributed by atoms with van der Waals surface area (Å²) < 4.78 is 5.74. The van der Waals surface area contributed by atoms with E-state index in [1.807, 2.05) is 24.0 Å². The maximum Gasteiger partial charge on any atom is 0.265 e. The molecule has 0 bridgehead atoms. The molecule has 1 aromatic heterocycles. The molecular formula is C19H23ClN2O2S. The van der Waals surface area contributed by atoms with Crippen molar-refractivity contribution >= 4 is 28.8 Å². The zero-order valence-electron chi connectivity index (χ0n) is 14.8. The number of carbonyl (C=O) groups is 1. The molecule has 0 N–H and O–H groups in total. The molecule has 3 rings (SSSR count). The van der Waals surface area contributed by atoms with Crippen LogP contribution in [0.5, 0.6) is 5.75 Å². The third-order valence-electron chi connectivity index (χ3n) is 4.37. The van der Waals surface area contributed by atoms with E-state index < -0.39 is 0 Å². The summed E-state index contributed by atoms with van der Waals surface area (Å²) in [5.41, 5.74) is 0.788. The van der Waals surface area contributed by atoms with Crippen molar-refractivity contribution in [3.05, 3.63) is 44.9 Å². The average molecular weight is 379 g/mol. The van der Waals surface area contributed by atoms with Crippen LogP contribution in [-0.2, 0) is 6.61 Å². The Balaban J connectivity index is 1.67. The molecule has 2 unspecified atom stereocenters. The lowest BCUT2D eigenvalue weighted by molar-refractivity contribution is 0.0627. The number of halogens is 1. The molecule has 134 valence electrons. The molecule has 1 aromatic carbocycles. The minimum absolute atomic E-state index is 0.103. The molecule has 2 heterocycles. The number of aromatic nitrogens is 1. The van der Waals surface area contributed by atoms with Crippen molar-refractivity contribution in [2.24, 2.45) is 11.8 Å². The van der Waals surface area contributed by atoms with Crippen LogP contribution in [0.25, 0.3) is 0 Å². The smallest absolute Gasteiger partial charge is 0.265 e. The summed E-state index contributed by atoms with van der Waals surface area (Å²) in [7, 11) is 0. The number of rotatable bonds is 4. The summed E-state index contributed by atoms with van der Waals surface area (Å²) in [6.45, 7) is 8.33. The molecule has 2 atom stereocenters. The highest BCUT2D eigenvalue weighted by molar-refractivity contribution is 7.13. The van der Waals surface area contributed by atoms with Crippen molar-refractivity contribution in [1.82, 2.24) is 9.88 Å². The average Bonchev–Trinajstić information content (AvgIpc) is 2.93. The fourth-order valence-electron chi connectivity index (χ4n) is 3.36. The second kappa shape index (κ2) is 7.75. The molecule has 1 saturated heterocycles. The largest absolute Gasteiger partial charge is 0.486 e. The Morgan fingerprint density at radius 2 is 1.92 bits per heavy atom. The van der Waals surface area contributed by atoms with E-state index in [1.54, 1.807) is 12.1 Å². The number of ether oxygens (including phenoxy) is 1. The van der Waals surface area contributed by atoms with Crippen molar-refractivity contribution in [3.8, 4) is 5.75 Å². The van der Waals surface area contributed by atoms with Gasteiger partial charge in [0.1, 0.15) is 22.2 Å². The van der Waals surface area contributed by atoms with Gasteiger partial charge < -0.3 is 9.64 Å². The number of hydrogen-bond acceptors (Lipinski definition) is 4. The summed E-state index contributed by atoms with van der Waals surface area (Å²) in [4.78, 5) is 20.1. The van der Waals surface area contributed by atoms with Crippen LogP contribution in [0.15, 0.2) is 24.3 Å². The van der Waals surface area contributed by atoms with Gasteiger partial charge in [-0.1, -0.05) is 25.4 Å². The second-order valence-corrected chi connectivity index (χ2v) is 8.44. The number of benzene rings is 1. The first-order valence-electron chi connectivity index (χ1n) is 8.56. The van der Waals surface area contributed by atoms with Gasteiger partial charge in [0.25, 0.3) is 5.91 Å². The van der Waals surface area contributed by atoms with Crippen molar-refractivity contribution < 1.29 is 9.53 Å². The van der Waals surface area contributed by atoms with Crippen molar-refractivity contribution in [3.63, 3.8) is 0 Å². The van der Waals surface area contributed by atoms with Gasteiger partial charge in [-0.2, -0.15) is 0 Å². The molecule has 1 amide bonds. The fourth-order valence-corrected chi connectivity index (χ4v) is 4.43. The Bertz CT molecular complexity index is 734. The highest BCUT2D eigenvalue weighted by Crippen LogP contribution is 2.26. The van der Waals surface area contributed by atoms with E-state index >= 15 is 0 Å². The van der Waals surface area contributed by atoms with Gasteiger partial charge in [-0.05, 0) is 49.4 Å². The maximum atomic E-state index is 12.9. The SMILES string of the molecule is Cc1nc(COc2ccc(Cl)cc2)sc1C(=O)N1CC(C)CC(C)C1. The van der Waals surface area contributed by atoms with Crippen molar-refractivity contribution in [2.75, 3.05) is 13.1 Å². The lowest BCUT2D eigenvalue weighted by Gasteiger charge is -2.34. The fraction of sp³-hybridized carbons (Fsp3) is 0.474. The molecule has 4 nitrogen and oxygen atoms in total. The summed E-state index contributed by atoms with van der Waals surface area (Å²) in [6.07, 6.45) is 1.19. The predicted molar refractivity (Wildman–Crippen MR) is 101 cm³/mol. The third-order valence-corrected chi connectivity index (χ3v) is 5.74. The summed E-state index contributed by atoms with van der Waals surface area (Å²) >= 11 is 7.31. The third kappa shape index (κ3) is 4.53. The number of hydrogen-bond donors (Lipinski definition) is 0. The van der Waals surface area contributed by atoms with Gasteiger partial charge >= 0.3 is 0 Å². The molecule has 1 fully saturated rings. The monoisotopic (exact) mass is 378 g/mol. The first kappa shape index (κ1) is 18.2. The summed E-state index contributed by atoms with van der Waals surface area (Å²) in [5.74, 6) is 1.94. The van der Waals surface area contributed by atoms with Crippen LogP contribution in [0.2, 0.25) is 5.02 Å². The van der Waals surface area contributed by atoms with Crippen LogP contribution in [0, 0.1) is 18.8 Å². The molecule has 0 spiro atoms. The van der Waals surface area contributed by atoms with Gasteiger partial charge in [0.2, 0.25) is 0 Å². The molecule has 2 aromatic rings. The second-order valence-electron chi connectivity index (χ2n) is 6.92. The van der Waals surface area contributed by atoms with Crippen LogP contribution in [-0.4, -0.2) is 28.9 Å². The predicted octanol–water partition coefficient (Wildman–Crippen LogP) is 4.80. The van der Waals surface area contributed by atoms with Gasteiger partial charge in [-0.25, -0.2) is 4.98 Å². The van der Waals surface area contributed by atoms with Gasteiger partial charge in [0.05, 0.1) is 5.69 Å². The van der Waals surface area contributed by atoms with E-state index in [-0.39, 0.29) is 5.91 Å². The van der Waals surface area contributed by atoms with Crippen molar-refractivity contribution in [2.45, 2.75) is 33.8 Å². The van der Waals surface area contributed by atoms with Gasteiger partial charge in [0.15, 0.2) is 0 Å². The Kier molecular flexibility index (Phi) is 5.64. The number of likely N-dealkylation sites (tertiary alicyclic amines) is 1. The van der Waals surface area contributed by atoms with E-state index in [9.17, 15) is 4.79 Å². The zero-order chi connectivity index (χ0) is 18.0. The van der Waals surface area contributed by atoms with Crippen LogP contribution >= 0.6 is 22.9 Å². The van der Waals surface area contributed by atoms with E-state index in [4.69, 9.17) is 16.3 Å². The van der Waals surface area contributed by atoms with E-state index in [0.717, 1.165) is 34.4 Å². The first-order valence-corrected chi connectivity index (χ1v) is 9.75. The van der Waals surface area contributed by atoms with E-state index in [0.29, 0.717) is 23.5 Å². The lowest BCUT2D eigenvalue weighted by atomic mass is 9.92. The Morgan fingerprint density at radius 1 is 1.28 bits per heavy atom. The number of thiazole rings is 1. The van der Waals surface area contributed by atoms with Gasteiger partial charge in [0, 0.05) is 18.1 Å². The molecule has 6 heteroatoms. The molecule has 0 aliphatic carbocycles. The molecule has 25 heavy (non-hydrogen) atoms. The Labute approximate surface area is 157 Å². The van der Waals surface area contributed by atoms with E-state index in [2.05, 4.69) is 18.8 Å². The van der Waals surface area contributed by atoms with Crippen molar-refractivity contribution in [1.29, 1.82) is 0 Å². The first-order chi connectivity index (χ1) is 11.9. The quantitative estimate of drug-likeness (QED) is 0.767. The van der Waals surface area contributed by atoms with Gasteiger partial charge in [-0.15, -0.1) is 11.3 Å². The van der Waals surface area contributed by atoms with Crippen LogP contribution in [0.3, 0.4) is 0 Å². The number of piperidine rings is 1. The zero-order valence-corrected chi connectivity index (χ0v) is 16.4. The minimum atomic E-state index is 0.103. The van der Waals surface area contributed by atoms with Gasteiger partial charge in [-0.3, -0.25) is 4.79 Å². The molecule has 0 saturated carbocycles. The number of aryl methyl sites for hydroxylation is 1. The summed E-state index contributed by atoms with van der Waals surface area (Å²) in [6, 6.07) is 7.23. The summed E-state index contributed by atoms with van der Waals surface area (Å²) in [5, 5.41) is 1.49. The highest BCUT2D eigenvalue weighted by atomic mass is 35.5. The number of carbonyl (C=O) groups excluding carboxylic acids is 1. The molecule has 0 radical (unpaired) electrons. The normalized spacial score (nSPS) is 20.6.